The molecule has 1 saturated carbocycles. The van der Waals surface area contributed by atoms with Crippen molar-refractivity contribution < 1.29 is 4.79 Å². The van der Waals surface area contributed by atoms with Crippen LogP contribution in [0.25, 0.3) is 0 Å². The second-order valence-corrected chi connectivity index (χ2v) is 4.94. The van der Waals surface area contributed by atoms with Gasteiger partial charge in [0.05, 0.1) is 0 Å². The molecule has 1 aliphatic heterocycles. The van der Waals surface area contributed by atoms with Gasteiger partial charge in [0.1, 0.15) is 5.78 Å². The molecule has 2 atom stereocenters. The highest BCUT2D eigenvalue weighted by Gasteiger charge is 2.48. The fourth-order valence-corrected chi connectivity index (χ4v) is 2.43. The van der Waals surface area contributed by atoms with E-state index in [2.05, 4.69) is 25.7 Å². The Kier molecular flexibility index (Phi) is 1.99. The second-order valence-electron chi connectivity index (χ2n) is 4.94. The van der Waals surface area contributed by atoms with E-state index in [9.17, 15) is 4.79 Å². The number of likely N-dealkylation sites (tertiary alicyclic amines) is 1. The molecule has 1 heterocycles. The van der Waals surface area contributed by atoms with Gasteiger partial charge in [-0.25, -0.2) is 0 Å². The average molecular weight is 181 g/mol. The molecule has 0 bridgehead atoms. The van der Waals surface area contributed by atoms with Crippen molar-refractivity contribution in [3.05, 3.63) is 0 Å². The summed E-state index contributed by atoms with van der Waals surface area (Å²) in [4.78, 5) is 14.0. The third kappa shape index (κ3) is 1.41. The molecule has 0 spiro atoms. The monoisotopic (exact) mass is 181 g/mol. The van der Waals surface area contributed by atoms with E-state index in [-0.39, 0.29) is 5.92 Å². The van der Waals surface area contributed by atoms with Crippen molar-refractivity contribution in [1.82, 2.24) is 4.90 Å². The van der Waals surface area contributed by atoms with Crippen molar-refractivity contribution >= 4 is 5.78 Å². The van der Waals surface area contributed by atoms with Crippen LogP contribution in [0.1, 0.15) is 40.0 Å². The van der Waals surface area contributed by atoms with Gasteiger partial charge in [0.25, 0.3) is 0 Å². The molecule has 1 saturated heterocycles. The summed E-state index contributed by atoms with van der Waals surface area (Å²) in [6.07, 6.45) is 3.40. The Morgan fingerprint density at radius 2 is 2.00 bits per heavy atom. The number of carbonyl (C=O) groups excluding carboxylic acids is 1. The fourth-order valence-electron chi connectivity index (χ4n) is 2.43. The van der Waals surface area contributed by atoms with Crippen LogP contribution in [0.5, 0.6) is 0 Å². The maximum atomic E-state index is 11.5. The lowest BCUT2D eigenvalue weighted by Crippen LogP contribution is -2.51. The van der Waals surface area contributed by atoms with Gasteiger partial charge in [0, 0.05) is 30.5 Å². The first kappa shape index (κ1) is 9.20. The minimum absolute atomic E-state index is 0.242. The van der Waals surface area contributed by atoms with Crippen LogP contribution in [0.4, 0.5) is 0 Å². The van der Waals surface area contributed by atoms with Crippen LogP contribution < -0.4 is 0 Å². The molecule has 2 fully saturated rings. The third-order valence-electron chi connectivity index (χ3n) is 3.99. The molecule has 0 aromatic rings. The molecule has 0 aromatic heterocycles. The number of ketones is 1. The summed E-state index contributed by atoms with van der Waals surface area (Å²) in [6, 6.07) is 0.453. The standard InChI is InChI=1S/C11H19NO/c1-8-9(2)12(7-4-10(8)13)11(3)5-6-11/h8-9H,4-7H2,1-3H3. The zero-order chi connectivity index (χ0) is 9.64. The first-order valence-electron chi connectivity index (χ1n) is 5.34. The Bertz CT molecular complexity index is 232. The van der Waals surface area contributed by atoms with E-state index < -0.39 is 0 Å². The highest BCUT2D eigenvalue weighted by molar-refractivity contribution is 5.82. The molecule has 13 heavy (non-hydrogen) atoms. The molecule has 0 N–H and O–H groups in total. The largest absolute Gasteiger partial charge is 0.299 e. The normalized spacial score (nSPS) is 39.2. The van der Waals surface area contributed by atoms with Crippen LogP contribution in [0, 0.1) is 5.92 Å². The molecule has 74 valence electrons. The maximum absolute atomic E-state index is 11.5. The van der Waals surface area contributed by atoms with Crippen molar-refractivity contribution in [3.8, 4) is 0 Å². The number of piperidine rings is 1. The van der Waals surface area contributed by atoms with Crippen molar-refractivity contribution in [2.24, 2.45) is 5.92 Å². The summed E-state index contributed by atoms with van der Waals surface area (Å²) < 4.78 is 0. The van der Waals surface area contributed by atoms with Gasteiger partial charge in [0.15, 0.2) is 0 Å². The molecule has 0 radical (unpaired) electrons. The number of nitrogens with zero attached hydrogens (tertiary/aromatic N) is 1. The van der Waals surface area contributed by atoms with Crippen LogP contribution in [0.3, 0.4) is 0 Å². The van der Waals surface area contributed by atoms with Crippen LogP contribution in [0.15, 0.2) is 0 Å². The molecule has 2 nitrogen and oxygen atoms in total. The minimum Gasteiger partial charge on any atom is -0.299 e. The SMILES string of the molecule is CC1C(=O)CCN(C2(C)CC2)C1C. The summed E-state index contributed by atoms with van der Waals surface area (Å²) in [7, 11) is 0. The van der Waals surface area contributed by atoms with Gasteiger partial charge in [-0.05, 0) is 26.7 Å². The van der Waals surface area contributed by atoms with E-state index in [1.54, 1.807) is 0 Å². The summed E-state index contributed by atoms with van der Waals surface area (Å²) in [5.74, 6) is 0.694. The molecular formula is C11H19NO. The lowest BCUT2D eigenvalue weighted by molar-refractivity contribution is -0.129. The van der Waals surface area contributed by atoms with Gasteiger partial charge in [-0.3, -0.25) is 9.69 Å². The second kappa shape index (κ2) is 2.81. The van der Waals surface area contributed by atoms with Crippen LogP contribution >= 0.6 is 0 Å². The van der Waals surface area contributed by atoms with Crippen molar-refractivity contribution in [1.29, 1.82) is 0 Å². The van der Waals surface area contributed by atoms with E-state index in [1.165, 1.54) is 12.8 Å². The highest BCUT2D eigenvalue weighted by Crippen LogP contribution is 2.44. The van der Waals surface area contributed by atoms with Gasteiger partial charge in [-0.15, -0.1) is 0 Å². The predicted molar refractivity (Wildman–Crippen MR) is 52.6 cm³/mol. The number of hydrogen-bond donors (Lipinski definition) is 0. The van der Waals surface area contributed by atoms with Gasteiger partial charge in [-0.1, -0.05) is 6.92 Å². The topological polar surface area (TPSA) is 20.3 Å². The average Bonchev–Trinajstić information content (AvgIpc) is 2.80. The zero-order valence-electron chi connectivity index (χ0n) is 8.84. The van der Waals surface area contributed by atoms with Crippen LogP contribution in [0.2, 0.25) is 0 Å². The van der Waals surface area contributed by atoms with Crippen LogP contribution in [-0.2, 0) is 4.79 Å². The van der Waals surface area contributed by atoms with Crippen molar-refractivity contribution in [2.45, 2.75) is 51.6 Å². The fraction of sp³-hybridized carbons (Fsp3) is 0.909. The molecular weight excluding hydrogens is 162 g/mol. The Balaban J connectivity index is 2.10. The Labute approximate surface area is 80.3 Å². The van der Waals surface area contributed by atoms with Gasteiger partial charge in [0.2, 0.25) is 0 Å². The first-order valence-corrected chi connectivity index (χ1v) is 5.34. The Hall–Kier alpha value is -0.370. The quantitative estimate of drug-likeness (QED) is 0.615. The van der Waals surface area contributed by atoms with Gasteiger partial charge >= 0.3 is 0 Å². The summed E-state index contributed by atoms with van der Waals surface area (Å²) in [5.41, 5.74) is 0.439. The molecule has 0 aromatic carbocycles. The minimum atomic E-state index is 0.242. The number of rotatable bonds is 1. The number of hydrogen-bond acceptors (Lipinski definition) is 2. The van der Waals surface area contributed by atoms with E-state index in [4.69, 9.17) is 0 Å². The van der Waals surface area contributed by atoms with E-state index in [0.29, 0.717) is 17.4 Å². The Morgan fingerprint density at radius 3 is 2.54 bits per heavy atom. The number of Topliss-reactive ketones (excluding diaryl/α,β-unsaturated/α-hetero) is 1. The van der Waals surface area contributed by atoms with E-state index >= 15 is 0 Å². The lowest BCUT2D eigenvalue weighted by Gasteiger charge is -2.41. The molecule has 2 rings (SSSR count). The van der Waals surface area contributed by atoms with E-state index in [1.807, 2.05) is 0 Å². The molecule has 2 unspecified atom stereocenters. The van der Waals surface area contributed by atoms with Crippen molar-refractivity contribution in [3.63, 3.8) is 0 Å². The molecule has 2 heteroatoms. The molecule has 1 aliphatic carbocycles. The predicted octanol–water partition coefficient (Wildman–Crippen LogP) is 1.84. The van der Waals surface area contributed by atoms with Gasteiger partial charge in [-0.2, -0.15) is 0 Å². The maximum Gasteiger partial charge on any atom is 0.138 e. The molecule has 2 aliphatic rings. The van der Waals surface area contributed by atoms with Gasteiger partial charge < -0.3 is 0 Å². The zero-order valence-corrected chi connectivity index (χ0v) is 8.84. The third-order valence-corrected chi connectivity index (χ3v) is 3.99. The summed E-state index contributed by atoms with van der Waals surface area (Å²) in [5, 5.41) is 0. The summed E-state index contributed by atoms with van der Waals surface area (Å²) in [6.45, 7) is 7.59. The number of carbonyl (C=O) groups is 1. The highest BCUT2D eigenvalue weighted by atomic mass is 16.1. The smallest absolute Gasteiger partial charge is 0.138 e. The first-order chi connectivity index (χ1) is 6.04. The van der Waals surface area contributed by atoms with Crippen molar-refractivity contribution in [2.75, 3.05) is 6.54 Å². The summed E-state index contributed by atoms with van der Waals surface area (Å²) >= 11 is 0. The van der Waals surface area contributed by atoms with E-state index in [0.717, 1.165) is 13.0 Å². The van der Waals surface area contributed by atoms with Crippen LogP contribution in [-0.4, -0.2) is 28.8 Å². The Morgan fingerprint density at radius 1 is 1.38 bits per heavy atom. The molecule has 0 amide bonds. The lowest BCUT2D eigenvalue weighted by atomic mass is 9.89.